The van der Waals surface area contributed by atoms with Crippen LogP contribution < -0.4 is 11.1 Å². The SMILES string of the molecule is Nc1ccc(O)c(CNC(=O)c2cc(F)ccc2F)c1. The molecule has 4 N–H and O–H groups in total. The van der Waals surface area contributed by atoms with Gasteiger partial charge in [0.25, 0.3) is 5.91 Å². The van der Waals surface area contributed by atoms with Crippen LogP contribution in [0.15, 0.2) is 36.4 Å². The predicted octanol–water partition coefficient (Wildman–Crippen LogP) is 2.18. The molecule has 0 radical (unpaired) electrons. The van der Waals surface area contributed by atoms with Crippen molar-refractivity contribution in [3.05, 3.63) is 59.2 Å². The molecule has 104 valence electrons. The molecule has 0 aliphatic heterocycles. The van der Waals surface area contributed by atoms with Crippen molar-refractivity contribution >= 4 is 11.6 Å². The Kier molecular flexibility index (Phi) is 3.84. The van der Waals surface area contributed by atoms with E-state index in [4.69, 9.17) is 5.73 Å². The lowest BCUT2D eigenvalue weighted by molar-refractivity contribution is 0.0946. The molecule has 0 saturated heterocycles. The summed E-state index contributed by atoms with van der Waals surface area (Å²) in [5.74, 6) is -2.34. The normalized spacial score (nSPS) is 10.3. The topological polar surface area (TPSA) is 75.3 Å². The molecule has 2 rings (SSSR count). The summed E-state index contributed by atoms with van der Waals surface area (Å²) in [5, 5.41) is 12.0. The zero-order valence-corrected chi connectivity index (χ0v) is 10.4. The number of halogens is 2. The van der Waals surface area contributed by atoms with E-state index in [2.05, 4.69) is 5.32 Å². The lowest BCUT2D eigenvalue weighted by atomic mass is 10.1. The van der Waals surface area contributed by atoms with E-state index in [9.17, 15) is 18.7 Å². The number of amides is 1. The molecule has 0 unspecified atom stereocenters. The molecule has 20 heavy (non-hydrogen) atoms. The fourth-order valence-corrected chi connectivity index (χ4v) is 1.69. The number of phenolic OH excluding ortho intramolecular Hbond substituents is 1. The van der Waals surface area contributed by atoms with Crippen molar-refractivity contribution in [3.63, 3.8) is 0 Å². The highest BCUT2D eigenvalue weighted by molar-refractivity contribution is 5.94. The van der Waals surface area contributed by atoms with E-state index >= 15 is 0 Å². The Hall–Kier alpha value is -2.63. The van der Waals surface area contributed by atoms with Crippen LogP contribution in [0.2, 0.25) is 0 Å². The van der Waals surface area contributed by atoms with Gasteiger partial charge in [-0.25, -0.2) is 8.78 Å². The number of nitrogens with one attached hydrogen (secondary N) is 1. The average Bonchev–Trinajstić information content (AvgIpc) is 2.42. The minimum Gasteiger partial charge on any atom is -0.508 e. The third kappa shape index (κ3) is 3.03. The molecule has 0 spiro atoms. The van der Waals surface area contributed by atoms with Crippen LogP contribution in [0.4, 0.5) is 14.5 Å². The van der Waals surface area contributed by atoms with E-state index in [1.807, 2.05) is 0 Å². The van der Waals surface area contributed by atoms with Crippen LogP contribution in [0.5, 0.6) is 5.75 Å². The van der Waals surface area contributed by atoms with E-state index in [1.54, 1.807) is 0 Å². The first-order chi connectivity index (χ1) is 9.47. The molecule has 0 aliphatic carbocycles. The largest absolute Gasteiger partial charge is 0.508 e. The highest BCUT2D eigenvalue weighted by Gasteiger charge is 2.13. The van der Waals surface area contributed by atoms with Crippen LogP contribution in [0.25, 0.3) is 0 Å². The van der Waals surface area contributed by atoms with Crippen LogP contribution in [0.3, 0.4) is 0 Å². The minimum atomic E-state index is -0.819. The maximum absolute atomic E-state index is 13.4. The number of anilines is 1. The number of carbonyl (C=O) groups excluding carboxylic acids is 1. The van der Waals surface area contributed by atoms with Crippen molar-refractivity contribution in [1.82, 2.24) is 5.32 Å². The highest BCUT2D eigenvalue weighted by Crippen LogP contribution is 2.19. The van der Waals surface area contributed by atoms with Crippen LogP contribution >= 0.6 is 0 Å². The molecule has 0 saturated carbocycles. The van der Waals surface area contributed by atoms with E-state index < -0.39 is 23.1 Å². The Labute approximate surface area is 113 Å². The van der Waals surface area contributed by atoms with Gasteiger partial charge in [0.2, 0.25) is 0 Å². The standard InChI is InChI=1S/C14H12F2N2O2/c15-9-1-3-12(16)11(6-9)14(20)18-7-8-5-10(17)2-4-13(8)19/h1-6,19H,7,17H2,(H,18,20). The Morgan fingerprint density at radius 1 is 1.20 bits per heavy atom. The van der Waals surface area contributed by atoms with Gasteiger partial charge in [-0.2, -0.15) is 0 Å². The molecule has 0 aromatic heterocycles. The first-order valence-electron chi connectivity index (χ1n) is 5.78. The second kappa shape index (κ2) is 5.56. The Balaban J connectivity index is 2.12. The van der Waals surface area contributed by atoms with Crippen molar-refractivity contribution < 1.29 is 18.7 Å². The van der Waals surface area contributed by atoms with Crippen LogP contribution in [0, 0.1) is 11.6 Å². The Bertz CT molecular complexity index is 660. The fourth-order valence-electron chi connectivity index (χ4n) is 1.69. The van der Waals surface area contributed by atoms with E-state index in [0.717, 1.165) is 18.2 Å². The van der Waals surface area contributed by atoms with Gasteiger partial charge in [0.05, 0.1) is 5.56 Å². The number of benzene rings is 2. The molecular formula is C14H12F2N2O2. The van der Waals surface area contributed by atoms with Crippen molar-refractivity contribution in [2.24, 2.45) is 0 Å². The van der Waals surface area contributed by atoms with Gasteiger partial charge in [0.1, 0.15) is 17.4 Å². The maximum atomic E-state index is 13.4. The predicted molar refractivity (Wildman–Crippen MR) is 70.0 cm³/mol. The fraction of sp³-hybridized carbons (Fsp3) is 0.0714. The van der Waals surface area contributed by atoms with Crippen molar-refractivity contribution in [2.45, 2.75) is 6.54 Å². The van der Waals surface area contributed by atoms with Gasteiger partial charge < -0.3 is 16.2 Å². The second-order valence-corrected chi connectivity index (χ2v) is 4.19. The summed E-state index contributed by atoms with van der Waals surface area (Å²) in [5.41, 5.74) is 5.97. The number of rotatable bonds is 3. The van der Waals surface area contributed by atoms with Gasteiger partial charge in [-0.05, 0) is 36.4 Å². The van der Waals surface area contributed by atoms with E-state index in [-0.39, 0.29) is 12.3 Å². The second-order valence-electron chi connectivity index (χ2n) is 4.19. The monoisotopic (exact) mass is 278 g/mol. The number of nitrogens with two attached hydrogens (primary N) is 1. The Morgan fingerprint density at radius 2 is 1.95 bits per heavy atom. The van der Waals surface area contributed by atoms with Gasteiger partial charge in [-0.1, -0.05) is 0 Å². The number of hydrogen-bond acceptors (Lipinski definition) is 3. The van der Waals surface area contributed by atoms with Crippen LogP contribution in [-0.2, 0) is 6.54 Å². The first kappa shape index (κ1) is 13.8. The molecule has 6 heteroatoms. The van der Waals surface area contributed by atoms with Gasteiger partial charge >= 0.3 is 0 Å². The summed E-state index contributed by atoms with van der Waals surface area (Å²) in [6, 6.07) is 6.99. The van der Waals surface area contributed by atoms with Gasteiger partial charge in [0.15, 0.2) is 0 Å². The molecule has 0 fully saturated rings. The summed E-state index contributed by atoms with van der Waals surface area (Å²) in [6.07, 6.45) is 0. The van der Waals surface area contributed by atoms with Gasteiger partial charge in [-0.15, -0.1) is 0 Å². The van der Waals surface area contributed by atoms with Crippen molar-refractivity contribution in [1.29, 1.82) is 0 Å². The maximum Gasteiger partial charge on any atom is 0.254 e. The number of hydrogen-bond donors (Lipinski definition) is 3. The number of nitrogen functional groups attached to an aromatic ring is 1. The third-order valence-corrected chi connectivity index (χ3v) is 2.72. The zero-order chi connectivity index (χ0) is 14.7. The lowest BCUT2D eigenvalue weighted by Gasteiger charge is -2.08. The quantitative estimate of drug-likeness (QED) is 0.595. The summed E-state index contributed by atoms with van der Waals surface area (Å²) < 4.78 is 26.4. The molecule has 4 nitrogen and oxygen atoms in total. The van der Waals surface area contributed by atoms with Gasteiger partial charge in [0, 0.05) is 17.8 Å². The molecule has 2 aromatic carbocycles. The van der Waals surface area contributed by atoms with Crippen molar-refractivity contribution in [2.75, 3.05) is 5.73 Å². The minimum absolute atomic E-state index is 0.0424. The summed E-state index contributed by atoms with van der Waals surface area (Å²) in [7, 11) is 0. The molecular weight excluding hydrogens is 266 g/mol. The number of aromatic hydroxyl groups is 1. The summed E-state index contributed by atoms with van der Waals surface area (Å²) in [4.78, 5) is 11.8. The molecule has 1 amide bonds. The highest BCUT2D eigenvalue weighted by atomic mass is 19.1. The lowest BCUT2D eigenvalue weighted by Crippen LogP contribution is -2.24. The molecule has 0 heterocycles. The molecule has 2 aromatic rings. The van der Waals surface area contributed by atoms with Gasteiger partial charge in [-0.3, -0.25) is 4.79 Å². The van der Waals surface area contributed by atoms with Crippen LogP contribution in [0.1, 0.15) is 15.9 Å². The molecule has 0 aliphatic rings. The first-order valence-corrected chi connectivity index (χ1v) is 5.78. The van der Waals surface area contributed by atoms with Crippen molar-refractivity contribution in [3.8, 4) is 5.75 Å². The van der Waals surface area contributed by atoms with E-state index in [1.165, 1.54) is 18.2 Å². The molecule has 0 bridgehead atoms. The summed E-state index contributed by atoms with van der Waals surface area (Å²) >= 11 is 0. The average molecular weight is 278 g/mol. The van der Waals surface area contributed by atoms with Crippen LogP contribution in [-0.4, -0.2) is 11.0 Å². The Morgan fingerprint density at radius 3 is 2.70 bits per heavy atom. The molecule has 0 atom stereocenters. The third-order valence-electron chi connectivity index (χ3n) is 2.72. The zero-order valence-electron chi connectivity index (χ0n) is 10.4. The number of carbonyl (C=O) groups is 1. The summed E-state index contributed by atoms with van der Waals surface area (Å²) in [6.45, 7) is -0.0499. The number of phenols is 1. The van der Waals surface area contributed by atoms with E-state index in [0.29, 0.717) is 11.3 Å². The smallest absolute Gasteiger partial charge is 0.254 e.